The predicted molar refractivity (Wildman–Crippen MR) is 63.9 cm³/mol. The maximum Gasteiger partial charge on any atom is 0.474 e. The van der Waals surface area contributed by atoms with Crippen molar-refractivity contribution in [3.8, 4) is 0 Å². The summed E-state index contributed by atoms with van der Waals surface area (Å²) in [6.07, 6.45) is 0. The molecule has 1 unspecified atom stereocenters. The fourth-order valence-corrected chi connectivity index (χ4v) is 1.73. The van der Waals surface area contributed by atoms with Crippen LogP contribution in [0.3, 0.4) is 0 Å². The van der Waals surface area contributed by atoms with Crippen LogP contribution >= 0.6 is 0 Å². The first kappa shape index (κ1) is 13.4. The predicted octanol–water partition coefficient (Wildman–Crippen LogP) is 2.08. The summed E-state index contributed by atoms with van der Waals surface area (Å²) in [5, 5.41) is 7.62. The summed E-state index contributed by atoms with van der Waals surface area (Å²) in [6.45, 7) is 10.8. The first-order valence-corrected chi connectivity index (χ1v) is 5.49. The zero-order valence-electron chi connectivity index (χ0n) is 10.9. The van der Waals surface area contributed by atoms with Gasteiger partial charge < -0.3 is 14.7 Å². The molecule has 90 valence electrons. The third-order valence-corrected chi connectivity index (χ3v) is 3.45. The molecule has 0 aromatic heterocycles. The van der Waals surface area contributed by atoms with E-state index in [1.165, 1.54) is 6.92 Å². The van der Waals surface area contributed by atoms with Crippen molar-refractivity contribution in [3.63, 3.8) is 0 Å². The molecule has 0 amide bonds. The highest BCUT2D eigenvalue weighted by molar-refractivity contribution is 6.59. The minimum Gasteiger partial charge on any atom is -0.403 e. The molecule has 4 nitrogen and oxygen atoms in total. The summed E-state index contributed by atoms with van der Waals surface area (Å²) in [4.78, 5) is 11.5. The quantitative estimate of drug-likeness (QED) is 0.590. The monoisotopic (exact) mass is 225 g/mol. The molecule has 1 rings (SSSR count). The number of Topliss-reactive ketones (excluding diaryl/α,β-unsaturated/α-hetero) is 1. The van der Waals surface area contributed by atoms with E-state index in [1.807, 2.05) is 27.7 Å². The van der Waals surface area contributed by atoms with Crippen LogP contribution in [0.15, 0.2) is 0 Å². The van der Waals surface area contributed by atoms with Gasteiger partial charge in [0.05, 0.1) is 17.0 Å². The molecule has 5 heteroatoms. The molecule has 0 aromatic carbocycles. The molecule has 1 heterocycles. The highest BCUT2D eigenvalue weighted by Crippen LogP contribution is 2.40. The van der Waals surface area contributed by atoms with E-state index in [0.29, 0.717) is 0 Å². The molecule has 0 radical (unpaired) electrons. The van der Waals surface area contributed by atoms with Gasteiger partial charge in [0.1, 0.15) is 5.78 Å². The van der Waals surface area contributed by atoms with E-state index in [1.54, 1.807) is 6.92 Å². The van der Waals surface area contributed by atoms with Gasteiger partial charge in [0.2, 0.25) is 0 Å². The highest BCUT2D eigenvalue weighted by Gasteiger charge is 2.55. The van der Waals surface area contributed by atoms with Gasteiger partial charge in [-0.2, -0.15) is 0 Å². The number of hydrogen-bond donors (Lipinski definition) is 1. The van der Waals surface area contributed by atoms with Gasteiger partial charge in [0, 0.05) is 5.71 Å². The minimum absolute atomic E-state index is 0.0917. The lowest BCUT2D eigenvalue weighted by atomic mass is 9.67. The fraction of sp³-hybridized carbons (Fsp3) is 0.818. The lowest BCUT2D eigenvalue weighted by Crippen LogP contribution is -2.41. The Kier molecular flexibility index (Phi) is 3.32. The molecule has 1 atom stereocenters. The Morgan fingerprint density at radius 3 is 1.75 bits per heavy atom. The Bertz CT molecular complexity index is 295. The van der Waals surface area contributed by atoms with Gasteiger partial charge in [-0.05, 0) is 41.5 Å². The fourth-order valence-electron chi connectivity index (χ4n) is 1.73. The van der Waals surface area contributed by atoms with Crippen molar-refractivity contribution < 1.29 is 14.1 Å². The zero-order valence-corrected chi connectivity index (χ0v) is 10.9. The van der Waals surface area contributed by atoms with Crippen molar-refractivity contribution in [1.29, 1.82) is 5.41 Å². The largest absolute Gasteiger partial charge is 0.474 e. The van der Waals surface area contributed by atoms with Gasteiger partial charge >= 0.3 is 7.12 Å². The normalized spacial score (nSPS) is 24.2. The van der Waals surface area contributed by atoms with E-state index in [2.05, 4.69) is 0 Å². The Morgan fingerprint density at radius 1 is 1.12 bits per heavy atom. The Hall–Kier alpha value is -0.675. The molecule has 1 aliphatic rings. The van der Waals surface area contributed by atoms with Crippen LogP contribution in [0.25, 0.3) is 0 Å². The molecule has 0 saturated carbocycles. The number of nitrogens with one attached hydrogen (secondary N) is 1. The maximum atomic E-state index is 11.5. The van der Waals surface area contributed by atoms with Gasteiger partial charge in [0.25, 0.3) is 0 Å². The van der Waals surface area contributed by atoms with Crippen molar-refractivity contribution in [1.82, 2.24) is 0 Å². The van der Waals surface area contributed by atoms with Crippen LogP contribution in [-0.2, 0) is 14.1 Å². The SMILES string of the molecule is CC(=N)C(B1OC(C)(C)C(C)(C)O1)C(C)=O. The van der Waals surface area contributed by atoms with E-state index in [9.17, 15) is 4.79 Å². The average molecular weight is 225 g/mol. The Labute approximate surface area is 97.3 Å². The van der Waals surface area contributed by atoms with Gasteiger partial charge in [-0.15, -0.1) is 0 Å². The Balaban J connectivity index is 2.94. The molecule has 1 fully saturated rings. The van der Waals surface area contributed by atoms with Crippen LogP contribution in [0.5, 0.6) is 0 Å². The van der Waals surface area contributed by atoms with E-state index < -0.39 is 24.1 Å². The second-order valence-electron chi connectivity index (χ2n) is 5.40. The number of ketones is 1. The molecule has 1 aliphatic heterocycles. The summed E-state index contributed by atoms with van der Waals surface area (Å²) < 4.78 is 11.5. The van der Waals surface area contributed by atoms with Crippen molar-refractivity contribution in [2.24, 2.45) is 0 Å². The molecule has 1 N–H and O–H groups in total. The second-order valence-corrected chi connectivity index (χ2v) is 5.40. The van der Waals surface area contributed by atoms with E-state index in [0.717, 1.165) is 0 Å². The standard InChI is InChI=1S/C11H20BNO3/c1-7(13)9(8(2)14)12-15-10(3,4)11(5,6)16-12/h9,13H,1-6H3. The van der Waals surface area contributed by atoms with Crippen molar-refractivity contribution in [3.05, 3.63) is 0 Å². The van der Waals surface area contributed by atoms with Crippen LogP contribution in [0, 0.1) is 5.41 Å². The summed E-state index contributed by atoms with van der Waals surface area (Å²) in [7, 11) is -0.639. The third kappa shape index (κ3) is 2.20. The molecule has 0 bridgehead atoms. The summed E-state index contributed by atoms with van der Waals surface area (Å²) in [5.41, 5.74) is -0.632. The summed E-state index contributed by atoms with van der Waals surface area (Å²) >= 11 is 0. The van der Waals surface area contributed by atoms with E-state index >= 15 is 0 Å². The molecule has 0 aliphatic carbocycles. The zero-order chi connectivity index (χ0) is 12.7. The third-order valence-electron chi connectivity index (χ3n) is 3.45. The van der Waals surface area contributed by atoms with Crippen LogP contribution in [0.2, 0.25) is 5.82 Å². The number of carbonyl (C=O) groups excluding carboxylic acids is 1. The van der Waals surface area contributed by atoms with E-state index in [-0.39, 0.29) is 11.5 Å². The number of rotatable bonds is 3. The van der Waals surface area contributed by atoms with Crippen molar-refractivity contribution in [2.45, 2.75) is 58.6 Å². The van der Waals surface area contributed by atoms with Gasteiger partial charge in [0.15, 0.2) is 0 Å². The van der Waals surface area contributed by atoms with E-state index in [4.69, 9.17) is 14.7 Å². The minimum atomic E-state index is -0.639. The maximum absolute atomic E-state index is 11.5. The van der Waals surface area contributed by atoms with Crippen molar-refractivity contribution >= 4 is 18.6 Å². The second kappa shape index (κ2) is 3.97. The Morgan fingerprint density at radius 2 is 1.50 bits per heavy atom. The highest BCUT2D eigenvalue weighted by atomic mass is 16.7. The number of carbonyl (C=O) groups is 1. The summed E-state index contributed by atoms with van der Waals surface area (Å²) in [6, 6.07) is 0. The lowest BCUT2D eigenvalue weighted by molar-refractivity contribution is -0.116. The first-order valence-electron chi connectivity index (χ1n) is 5.49. The van der Waals surface area contributed by atoms with Gasteiger partial charge in [-0.1, -0.05) is 0 Å². The van der Waals surface area contributed by atoms with Crippen LogP contribution in [0.4, 0.5) is 0 Å². The average Bonchev–Trinajstić information content (AvgIpc) is 2.17. The van der Waals surface area contributed by atoms with Crippen LogP contribution in [0.1, 0.15) is 41.5 Å². The van der Waals surface area contributed by atoms with Gasteiger partial charge in [-0.3, -0.25) is 4.79 Å². The number of hydrogen-bond acceptors (Lipinski definition) is 4. The molecular formula is C11H20BNO3. The first-order chi connectivity index (χ1) is 7.08. The lowest BCUT2D eigenvalue weighted by Gasteiger charge is -2.32. The summed E-state index contributed by atoms with van der Waals surface area (Å²) in [5.74, 6) is -0.688. The smallest absolute Gasteiger partial charge is 0.403 e. The van der Waals surface area contributed by atoms with Crippen LogP contribution in [-0.4, -0.2) is 29.8 Å². The molecule has 1 saturated heterocycles. The molecule has 16 heavy (non-hydrogen) atoms. The molecule has 0 spiro atoms. The molecule has 0 aromatic rings. The van der Waals surface area contributed by atoms with Gasteiger partial charge in [-0.25, -0.2) is 0 Å². The van der Waals surface area contributed by atoms with Crippen molar-refractivity contribution in [2.75, 3.05) is 0 Å². The topological polar surface area (TPSA) is 59.4 Å². The molecular weight excluding hydrogens is 205 g/mol. The van der Waals surface area contributed by atoms with Crippen LogP contribution < -0.4 is 0 Å².